The molecule has 0 bridgehead atoms. The number of nitrogens with one attached hydrogen (secondary N) is 1. The number of thiol groups is 1. The van der Waals surface area contributed by atoms with Crippen LogP contribution in [0.15, 0.2) is 86.1 Å². The van der Waals surface area contributed by atoms with E-state index in [1.807, 2.05) is 30.3 Å². The number of hydrogen-bond acceptors (Lipinski definition) is 8. The predicted octanol–water partition coefficient (Wildman–Crippen LogP) is 2.97. The van der Waals surface area contributed by atoms with Crippen molar-refractivity contribution in [3.8, 4) is 0 Å². The lowest BCUT2D eigenvalue weighted by Gasteiger charge is -2.27. The van der Waals surface area contributed by atoms with Crippen molar-refractivity contribution in [1.82, 2.24) is 9.79 Å². The normalized spacial score (nSPS) is 13.1. The van der Waals surface area contributed by atoms with Gasteiger partial charge in [0.2, 0.25) is 15.7 Å². The van der Waals surface area contributed by atoms with Crippen LogP contribution in [0.1, 0.15) is 12.0 Å². The van der Waals surface area contributed by atoms with E-state index in [2.05, 4.69) is 12.6 Å². The van der Waals surface area contributed by atoms with E-state index in [4.69, 9.17) is 5.21 Å². The first-order valence-electron chi connectivity index (χ1n) is 9.73. The smallest absolute Gasteiger partial charge is 0.253 e. The van der Waals surface area contributed by atoms with Crippen LogP contribution >= 0.6 is 24.0 Å². The van der Waals surface area contributed by atoms with Gasteiger partial charge < -0.3 is 0 Å². The summed E-state index contributed by atoms with van der Waals surface area (Å²) in [6.45, 7) is -0.256. The van der Waals surface area contributed by atoms with Crippen LogP contribution in [0.5, 0.6) is 0 Å². The van der Waals surface area contributed by atoms with Gasteiger partial charge in [-0.2, -0.15) is 16.9 Å². The van der Waals surface area contributed by atoms with Crippen molar-refractivity contribution in [3.63, 3.8) is 0 Å². The SMILES string of the molecule is O=C(CCN(C(S)Cc1ccccc1)S(=O)(=O)c1ccc(S(=O)(=O)c2ccccc2)s1)NO. The van der Waals surface area contributed by atoms with Gasteiger partial charge in [-0.05, 0) is 36.2 Å². The average Bonchev–Trinajstić information content (AvgIpc) is 3.32. The highest BCUT2D eigenvalue weighted by Gasteiger charge is 2.33. The first-order valence-corrected chi connectivity index (χ1v) is 14.0. The van der Waals surface area contributed by atoms with E-state index in [-0.39, 0.29) is 32.7 Å². The summed E-state index contributed by atoms with van der Waals surface area (Å²) in [4.78, 5) is 11.6. The molecule has 1 aromatic heterocycles. The molecule has 2 N–H and O–H groups in total. The van der Waals surface area contributed by atoms with E-state index in [9.17, 15) is 21.6 Å². The third-order valence-corrected chi connectivity index (χ3v) is 11.1. The largest absolute Gasteiger partial charge is 0.289 e. The van der Waals surface area contributed by atoms with Crippen LogP contribution in [0.4, 0.5) is 0 Å². The van der Waals surface area contributed by atoms with Gasteiger partial charge in [0.25, 0.3) is 10.0 Å². The second kappa shape index (κ2) is 10.8. The molecule has 0 aliphatic rings. The minimum Gasteiger partial charge on any atom is -0.289 e. The van der Waals surface area contributed by atoms with Gasteiger partial charge in [0.15, 0.2) is 0 Å². The average molecular weight is 527 g/mol. The number of amides is 1. The van der Waals surface area contributed by atoms with Gasteiger partial charge in [-0.25, -0.2) is 22.3 Å². The highest BCUT2D eigenvalue weighted by molar-refractivity contribution is 7.95. The molecular weight excluding hydrogens is 505 g/mol. The Hall–Kier alpha value is -2.22. The van der Waals surface area contributed by atoms with Crippen LogP contribution < -0.4 is 5.48 Å². The first-order chi connectivity index (χ1) is 15.7. The molecule has 0 saturated heterocycles. The van der Waals surface area contributed by atoms with Gasteiger partial charge >= 0.3 is 0 Å². The first kappa shape index (κ1) is 25.4. The summed E-state index contributed by atoms with van der Waals surface area (Å²) in [6, 6.07) is 19.3. The maximum Gasteiger partial charge on any atom is 0.253 e. The van der Waals surface area contributed by atoms with Crippen molar-refractivity contribution < 1.29 is 26.8 Å². The summed E-state index contributed by atoms with van der Waals surface area (Å²) in [5, 5.41) is 7.96. The Morgan fingerprint density at radius 2 is 1.52 bits per heavy atom. The van der Waals surface area contributed by atoms with E-state index in [1.165, 1.54) is 29.7 Å². The van der Waals surface area contributed by atoms with Crippen molar-refractivity contribution in [2.45, 2.75) is 31.5 Å². The number of sulfone groups is 1. The molecule has 3 rings (SSSR count). The molecule has 0 aliphatic carbocycles. The van der Waals surface area contributed by atoms with Gasteiger partial charge in [-0.15, -0.1) is 11.3 Å². The molecule has 12 heteroatoms. The van der Waals surface area contributed by atoms with E-state index in [0.29, 0.717) is 11.3 Å². The van der Waals surface area contributed by atoms with Gasteiger partial charge in [-0.3, -0.25) is 10.0 Å². The molecule has 8 nitrogen and oxygen atoms in total. The molecule has 2 aromatic carbocycles. The van der Waals surface area contributed by atoms with Crippen LogP contribution in [-0.4, -0.2) is 44.2 Å². The number of thiophene rings is 1. The predicted molar refractivity (Wildman–Crippen MR) is 128 cm³/mol. The molecule has 1 unspecified atom stereocenters. The van der Waals surface area contributed by atoms with Crippen LogP contribution in [-0.2, 0) is 31.1 Å². The number of benzene rings is 2. The lowest BCUT2D eigenvalue weighted by molar-refractivity contribution is -0.129. The fourth-order valence-electron chi connectivity index (χ4n) is 3.04. The highest BCUT2D eigenvalue weighted by Crippen LogP contribution is 2.33. The van der Waals surface area contributed by atoms with Gasteiger partial charge in [0, 0.05) is 13.0 Å². The fraction of sp³-hybridized carbons (Fsp3) is 0.190. The van der Waals surface area contributed by atoms with Gasteiger partial charge in [0.05, 0.1) is 10.3 Å². The zero-order chi connectivity index (χ0) is 24.1. The summed E-state index contributed by atoms with van der Waals surface area (Å²) >= 11 is 5.10. The highest BCUT2D eigenvalue weighted by atomic mass is 32.3. The standard InChI is InChI=1S/C21H22N2O6S4/c24-18(22-25)13-14-23(19(30)15-16-7-3-1-4-8-16)33(28,29)21-12-11-20(31-21)32(26,27)17-9-5-2-6-10-17/h1-12,19,25,30H,13-15H2,(H,22,24). The van der Waals surface area contributed by atoms with Crippen molar-refractivity contribution in [2.24, 2.45) is 0 Å². The second-order valence-corrected chi connectivity index (χ2v) is 12.9. The minimum atomic E-state index is -4.20. The Balaban J connectivity index is 1.93. The monoisotopic (exact) mass is 526 g/mol. The molecule has 33 heavy (non-hydrogen) atoms. The molecule has 0 spiro atoms. The Morgan fingerprint density at radius 1 is 0.939 bits per heavy atom. The molecule has 1 atom stereocenters. The zero-order valence-electron chi connectivity index (χ0n) is 17.2. The maximum absolute atomic E-state index is 13.4. The van der Waals surface area contributed by atoms with E-state index in [1.54, 1.807) is 18.2 Å². The lowest BCUT2D eigenvalue weighted by atomic mass is 10.1. The number of sulfonamides is 1. The van der Waals surface area contributed by atoms with E-state index in [0.717, 1.165) is 9.87 Å². The maximum atomic E-state index is 13.4. The third kappa shape index (κ3) is 6.02. The quantitative estimate of drug-likeness (QED) is 0.162. The Kier molecular flexibility index (Phi) is 8.32. The molecule has 1 heterocycles. The molecule has 176 valence electrons. The number of rotatable bonds is 10. The molecule has 0 saturated carbocycles. The van der Waals surface area contributed by atoms with Crippen molar-refractivity contribution in [3.05, 3.63) is 78.4 Å². The molecule has 0 radical (unpaired) electrons. The van der Waals surface area contributed by atoms with Crippen molar-refractivity contribution in [1.29, 1.82) is 0 Å². The summed E-state index contributed by atoms with van der Waals surface area (Å²) in [5.41, 5.74) is 2.32. The number of carbonyl (C=O) groups excluding carboxylic acids is 1. The molecule has 0 aliphatic heterocycles. The summed E-state index contributed by atoms with van der Waals surface area (Å²) in [5.74, 6) is -0.756. The number of carbonyl (C=O) groups is 1. The zero-order valence-corrected chi connectivity index (χ0v) is 20.6. The van der Waals surface area contributed by atoms with Crippen LogP contribution in [0.25, 0.3) is 0 Å². The van der Waals surface area contributed by atoms with Gasteiger partial charge in [-0.1, -0.05) is 48.5 Å². The summed E-state index contributed by atoms with van der Waals surface area (Å²) in [7, 11) is -8.08. The second-order valence-electron chi connectivity index (χ2n) is 6.96. The van der Waals surface area contributed by atoms with E-state index < -0.39 is 31.1 Å². The fourth-order valence-corrected chi connectivity index (χ4v) is 8.54. The Bertz CT molecular complexity index is 1290. The third-order valence-electron chi connectivity index (χ3n) is 4.72. The van der Waals surface area contributed by atoms with Crippen LogP contribution in [0.2, 0.25) is 0 Å². The van der Waals surface area contributed by atoms with Gasteiger partial charge in [0.1, 0.15) is 8.42 Å². The Morgan fingerprint density at radius 3 is 2.12 bits per heavy atom. The molecule has 3 aromatic rings. The van der Waals surface area contributed by atoms with Crippen molar-refractivity contribution >= 4 is 49.7 Å². The van der Waals surface area contributed by atoms with E-state index >= 15 is 0 Å². The van der Waals surface area contributed by atoms with Crippen LogP contribution in [0, 0.1) is 0 Å². The molecular formula is C21H22N2O6S4. The topological polar surface area (TPSA) is 121 Å². The summed E-state index contributed by atoms with van der Waals surface area (Å²) in [6.07, 6.45) is -0.0490. The van der Waals surface area contributed by atoms with Crippen LogP contribution in [0.3, 0.4) is 0 Å². The molecule has 1 amide bonds. The number of hydroxylamine groups is 1. The number of hydrogen-bond donors (Lipinski definition) is 3. The lowest BCUT2D eigenvalue weighted by Crippen LogP contribution is -2.40. The Labute approximate surface area is 202 Å². The minimum absolute atomic E-state index is 0.0587. The number of nitrogens with zero attached hydrogens (tertiary/aromatic N) is 1. The molecule has 0 fully saturated rings. The van der Waals surface area contributed by atoms with Crippen molar-refractivity contribution in [2.75, 3.05) is 6.54 Å². The summed E-state index contributed by atoms with van der Waals surface area (Å²) < 4.78 is 53.4.